The highest BCUT2D eigenvalue weighted by molar-refractivity contribution is 5.95. The third-order valence-electron chi connectivity index (χ3n) is 6.61. The molecule has 0 saturated heterocycles. The van der Waals surface area contributed by atoms with Crippen LogP contribution in [-0.2, 0) is 6.42 Å². The third-order valence-corrected chi connectivity index (χ3v) is 6.61. The monoisotopic (exact) mass is 387 g/mol. The van der Waals surface area contributed by atoms with E-state index >= 15 is 0 Å². The maximum absolute atomic E-state index is 14.4. The number of nitrogens with one attached hydrogen (secondary N) is 1. The molecule has 1 aromatic carbocycles. The van der Waals surface area contributed by atoms with E-state index < -0.39 is 17.2 Å². The Morgan fingerprint density at radius 1 is 1.29 bits per heavy atom. The molecule has 1 aromatic heterocycles. The van der Waals surface area contributed by atoms with E-state index in [-0.39, 0.29) is 24.1 Å². The van der Waals surface area contributed by atoms with Gasteiger partial charge in [-0.15, -0.1) is 0 Å². The number of benzene rings is 1. The first kappa shape index (κ1) is 17.8. The van der Waals surface area contributed by atoms with Gasteiger partial charge in [-0.1, -0.05) is 19.3 Å². The minimum atomic E-state index is -0.694. The van der Waals surface area contributed by atoms with Gasteiger partial charge in [0.2, 0.25) is 0 Å². The number of hydrogen-bond acceptors (Lipinski definition) is 3. The number of aliphatic hydroxyl groups is 1. The number of aromatic nitrogens is 2. The number of aliphatic hydroxyl groups excluding tert-OH is 1. The summed E-state index contributed by atoms with van der Waals surface area (Å²) in [5.41, 5.74) is 1.62. The van der Waals surface area contributed by atoms with Crippen LogP contribution < -0.4 is 5.32 Å². The van der Waals surface area contributed by atoms with Gasteiger partial charge in [0.25, 0.3) is 5.91 Å². The van der Waals surface area contributed by atoms with Crippen molar-refractivity contribution in [1.29, 1.82) is 0 Å². The van der Waals surface area contributed by atoms with Crippen LogP contribution in [0, 0.1) is 17.6 Å². The number of carbonyl (C=O) groups excluding carboxylic acids is 1. The second-order valence-corrected chi connectivity index (χ2v) is 8.48. The molecule has 148 valence electrons. The molecule has 28 heavy (non-hydrogen) atoms. The van der Waals surface area contributed by atoms with Crippen molar-refractivity contribution in [3.8, 4) is 5.69 Å². The Bertz CT molecular complexity index is 949. The van der Waals surface area contributed by atoms with Crippen molar-refractivity contribution in [3.05, 3.63) is 46.8 Å². The van der Waals surface area contributed by atoms with Crippen LogP contribution in [0.25, 0.3) is 5.69 Å². The van der Waals surface area contributed by atoms with E-state index in [9.17, 15) is 18.7 Å². The summed E-state index contributed by atoms with van der Waals surface area (Å²) >= 11 is 0. The summed E-state index contributed by atoms with van der Waals surface area (Å²) in [6, 6.07) is 3.41. The number of amides is 1. The summed E-state index contributed by atoms with van der Waals surface area (Å²) < 4.78 is 29.2. The molecule has 3 aliphatic carbocycles. The van der Waals surface area contributed by atoms with Crippen molar-refractivity contribution in [3.63, 3.8) is 0 Å². The van der Waals surface area contributed by atoms with E-state index in [0.717, 1.165) is 62.3 Å². The molecular formula is C21H23F2N3O2. The van der Waals surface area contributed by atoms with Crippen molar-refractivity contribution < 1.29 is 18.7 Å². The van der Waals surface area contributed by atoms with Gasteiger partial charge in [-0.2, -0.15) is 5.10 Å². The molecule has 0 aliphatic heterocycles. The molecule has 5 rings (SSSR count). The largest absolute Gasteiger partial charge is 0.394 e. The summed E-state index contributed by atoms with van der Waals surface area (Å²) in [6.45, 7) is -0.0977. The lowest BCUT2D eigenvalue weighted by molar-refractivity contribution is 0.0752. The first-order valence-electron chi connectivity index (χ1n) is 10.0. The topological polar surface area (TPSA) is 67.2 Å². The molecule has 2 atom stereocenters. The number of fused-ring (bicyclic) bond motifs is 3. The van der Waals surface area contributed by atoms with Gasteiger partial charge in [0, 0.05) is 17.5 Å². The van der Waals surface area contributed by atoms with Gasteiger partial charge in [-0.05, 0) is 43.7 Å². The molecule has 0 bridgehead atoms. The molecule has 7 heteroatoms. The fourth-order valence-corrected chi connectivity index (χ4v) is 4.99. The summed E-state index contributed by atoms with van der Waals surface area (Å²) in [6.07, 6.45) is 6.32. The minimum Gasteiger partial charge on any atom is -0.394 e. The van der Waals surface area contributed by atoms with Gasteiger partial charge in [-0.25, -0.2) is 13.5 Å². The highest BCUT2D eigenvalue weighted by Gasteiger charge is 2.50. The SMILES string of the molecule is O=C(NC1(CO)CCCCC1)c1nn(-c2ccc(F)cc2F)c2c1C[C@H]1C[C@@H]21. The quantitative estimate of drug-likeness (QED) is 0.846. The fraction of sp³-hybridized carbons (Fsp3) is 0.524. The highest BCUT2D eigenvalue weighted by atomic mass is 19.1. The van der Waals surface area contributed by atoms with Crippen molar-refractivity contribution in [2.45, 2.75) is 56.4 Å². The molecule has 3 aliphatic rings. The Hall–Kier alpha value is -2.28. The molecule has 5 nitrogen and oxygen atoms in total. The fourth-order valence-electron chi connectivity index (χ4n) is 4.99. The molecule has 2 saturated carbocycles. The molecule has 0 unspecified atom stereocenters. The molecule has 0 spiro atoms. The molecule has 1 heterocycles. The normalized spacial score (nSPS) is 24.5. The second-order valence-electron chi connectivity index (χ2n) is 8.48. The van der Waals surface area contributed by atoms with E-state index in [1.807, 2.05) is 0 Å². The lowest BCUT2D eigenvalue weighted by atomic mass is 9.82. The van der Waals surface area contributed by atoms with E-state index in [1.165, 1.54) is 16.8 Å². The van der Waals surface area contributed by atoms with E-state index in [1.54, 1.807) is 0 Å². The van der Waals surface area contributed by atoms with Crippen LogP contribution >= 0.6 is 0 Å². The van der Waals surface area contributed by atoms with Crippen LogP contribution in [0.2, 0.25) is 0 Å². The maximum atomic E-state index is 14.4. The molecule has 2 N–H and O–H groups in total. The summed E-state index contributed by atoms with van der Waals surface area (Å²) in [5.74, 6) is -0.879. The number of carbonyl (C=O) groups is 1. The van der Waals surface area contributed by atoms with Gasteiger partial charge < -0.3 is 10.4 Å². The predicted octanol–water partition coefficient (Wildman–Crippen LogP) is 3.24. The number of nitrogens with zero attached hydrogens (tertiary/aromatic N) is 2. The van der Waals surface area contributed by atoms with Crippen molar-refractivity contribution >= 4 is 5.91 Å². The van der Waals surface area contributed by atoms with E-state index in [4.69, 9.17) is 0 Å². The zero-order chi connectivity index (χ0) is 19.5. The number of rotatable bonds is 4. The smallest absolute Gasteiger partial charge is 0.272 e. The Morgan fingerprint density at radius 3 is 2.79 bits per heavy atom. The second kappa shape index (κ2) is 6.37. The standard InChI is InChI=1S/C21H23F2N3O2/c22-13-4-5-17(16(23)10-13)26-19-14-8-12(14)9-15(19)18(25-26)20(28)24-21(11-27)6-2-1-3-7-21/h4-5,10,12,14,27H,1-3,6-9,11H2,(H,24,28)/t12-,14-/m1/s1. The van der Waals surface area contributed by atoms with Gasteiger partial charge in [-0.3, -0.25) is 4.79 Å². The van der Waals surface area contributed by atoms with Gasteiger partial charge in [0.1, 0.15) is 11.5 Å². The minimum absolute atomic E-state index is 0.0977. The molecule has 1 amide bonds. The van der Waals surface area contributed by atoms with Crippen LogP contribution in [0.5, 0.6) is 0 Å². The Kier molecular flexibility index (Phi) is 4.05. The Labute approximate surface area is 161 Å². The average Bonchev–Trinajstić information content (AvgIpc) is 3.18. The summed E-state index contributed by atoms with van der Waals surface area (Å²) in [4.78, 5) is 13.1. The zero-order valence-electron chi connectivity index (χ0n) is 15.5. The lowest BCUT2D eigenvalue weighted by Gasteiger charge is -2.36. The van der Waals surface area contributed by atoms with E-state index in [2.05, 4.69) is 10.4 Å². The van der Waals surface area contributed by atoms with Gasteiger partial charge in [0.15, 0.2) is 11.5 Å². The Morgan fingerprint density at radius 2 is 2.07 bits per heavy atom. The van der Waals surface area contributed by atoms with Crippen molar-refractivity contribution in [1.82, 2.24) is 15.1 Å². The zero-order valence-corrected chi connectivity index (χ0v) is 15.5. The summed E-state index contributed by atoms with van der Waals surface area (Å²) in [7, 11) is 0. The van der Waals surface area contributed by atoms with Crippen LogP contribution in [0.15, 0.2) is 18.2 Å². The van der Waals surface area contributed by atoms with Crippen LogP contribution in [0.3, 0.4) is 0 Å². The molecule has 0 radical (unpaired) electrons. The average molecular weight is 387 g/mol. The summed E-state index contributed by atoms with van der Waals surface area (Å²) in [5, 5.41) is 17.4. The highest BCUT2D eigenvalue weighted by Crippen LogP contribution is 2.57. The van der Waals surface area contributed by atoms with E-state index in [0.29, 0.717) is 11.6 Å². The van der Waals surface area contributed by atoms with Crippen molar-refractivity contribution in [2.24, 2.45) is 5.92 Å². The lowest BCUT2D eigenvalue weighted by Crippen LogP contribution is -2.52. The van der Waals surface area contributed by atoms with Gasteiger partial charge >= 0.3 is 0 Å². The molecule has 2 aromatic rings. The number of hydrogen-bond donors (Lipinski definition) is 2. The first-order chi connectivity index (χ1) is 13.5. The maximum Gasteiger partial charge on any atom is 0.272 e. The van der Waals surface area contributed by atoms with Crippen LogP contribution in [0.4, 0.5) is 8.78 Å². The predicted molar refractivity (Wildman–Crippen MR) is 98.4 cm³/mol. The van der Waals surface area contributed by atoms with Crippen molar-refractivity contribution in [2.75, 3.05) is 6.61 Å². The Balaban J connectivity index is 1.52. The van der Waals surface area contributed by atoms with Gasteiger partial charge in [0.05, 0.1) is 17.8 Å². The molecule has 2 fully saturated rings. The van der Waals surface area contributed by atoms with Crippen LogP contribution in [0.1, 0.15) is 66.2 Å². The first-order valence-corrected chi connectivity index (χ1v) is 10.0. The third kappa shape index (κ3) is 2.75. The number of halogens is 2. The van der Waals surface area contributed by atoms with Crippen LogP contribution in [-0.4, -0.2) is 32.9 Å². The molecular weight excluding hydrogens is 364 g/mol.